The summed E-state index contributed by atoms with van der Waals surface area (Å²) in [5.74, 6) is -1.46. The zero-order chi connectivity index (χ0) is 11.4. The molecule has 0 fully saturated rings. The van der Waals surface area contributed by atoms with Gasteiger partial charge in [0.1, 0.15) is 6.54 Å². The van der Waals surface area contributed by atoms with Gasteiger partial charge in [-0.3, -0.25) is 9.59 Å². The lowest BCUT2D eigenvalue weighted by Gasteiger charge is -2.05. The number of amides is 1. The smallest absolute Gasteiger partial charge is 0.322 e. The maximum atomic E-state index is 11.5. The van der Waals surface area contributed by atoms with Crippen molar-refractivity contribution in [2.75, 3.05) is 6.54 Å². The molecule has 5 heteroatoms. The molecule has 0 heterocycles. The molecule has 0 atom stereocenters. The van der Waals surface area contributed by atoms with Gasteiger partial charge in [-0.1, -0.05) is 6.07 Å². The molecule has 0 bridgehead atoms. The molecule has 0 aliphatic heterocycles. The summed E-state index contributed by atoms with van der Waals surface area (Å²) in [4.78, 5) is 21.7. The molecule has 0 aliphatic carbocycles. The average Bonchev–Trinajstić information content (AvgIpc) is 2.14. The van der Waals surface area contributed by atoms with E-state index in [0.717, 1.165) is 5.56 Å². The predicted octanol–water partition coefficient (Wildman–Crippen LogP) is 1.57. The Morgan fingerprint density at radius 1 is 1.47 bits per heavy atom. The third-order valence-corrected chi connectivity index (χ3v) is 2.43. The molecule has 0 spiro atoms. The Morgan fingerprint density at radius 3 is 2.67 bits per heavy atom. The molecule has 0 aliphatic rings. The predicted molar refractivity (Wildman–Crippen MR) is 58.8 cm³/mol. The molecule has 0 aromatic heterocycles. The van der Waals surface area contributed by atoms with Crippen LogP contribution < -0.4 is 5.32 Å². The first-order chi connectivity index (χ1) is 7.00. The van der Waals surface area contributed by atoms with E-state index in [1.807, 2.05) is 6.92 Å². The van der Waals surface area contributed by atoms with Crippen LogP contribution in [0.15, 0.2) is 22.7 Å². The minimum atomic E-state index is -1.06. The fourth-order valence-electron chi connectivity index (χ4n) is 1.06. The molecule has 4 nitrogen and oxygen atoms in total. The van der Waals surface area contributed by atoms with E-state index < -0.39 is 11.9 Å². The van der Waals surface area contributed by atoms with Crippen molar-refractivity contribution < 1.29 is 14.7 Å². The lowest BCUT2D eigenvalue weighted by atomic mass is 10.1. The van der Waals surface area contributed by atoms with Crippen LogP contribution in [0.2, 0.25) is 0 Å². The van der Waals surface area contributed by atoms with Crippen molar-refractivity contribution in [1.29, 1.82) is 0 Å². The minimum absolute atomic E-state index is 0.376. The van der Waals surface area contributed by atoms with E-state index in [1.165, 1.54) is 0 Å². The minimum Gasteiger partial charge on any atom is -0.480 e. The highest BCUT2D eigenvalue weighted by Crippen LogP contribution is 2.17. The number of aryl methyl sites for hydroxylation is 1. The zero-order valence-electron chi connectivity index (χ0n) is 8.08. The number of carbonyl (C=O) groups is 2. The Morgan fingerprint density at radius 2 is 2.13 bits per heavy atom. The molecule has 1 rings (SSSR count). The normalized spacial score (nSPS) is 9.73. The van der Waals surface area contributed by atoms with E-state index in [2.05, 4.69) is 21.2 Å². The molecule has 2 N–H and O–H groups in total. The highest BCUT2D eigenvalue weighted by Gasteiger charge is 2.10. The Bertz CT molecular complexity index is 404. The van der Waals surface area contributed by atoms with Crippen molar-refractivity contribution in [3.63, 3.8) is 0 Å². The van der Waals surface area contributed by atoms with Crippen LogP contribution in [-0.2, 0) is 4.79 Å². The number of carboxylic acid groups (broad SMARTS) is 1. The summed E-state index contributed by atoms with van der Waals surface area (Å²) < 4.78 is 0.658. The summed E-state index contributed by atoms with van der Waals surface area (Å²) in [6.07, 6.45) is 0. The summed E-state index contributed by atoms with van der Waals surface area (Å²) in [7, 11) is 0. The largest absolute Gasteiger partial charge is 0.480 e. The Kier molecular flexibility index (Phi) is 3.85. The highest BCUT2D eigenvalue weighted by molar-refractivity contribution is 9.10. The number of benzene rings is 1. The molecule has 0 radical (unpaired) electrons. The van der Waals surface area contributed by atoms with Crippen LogP contribution in [0.1, 0.15) is 15.9 Å². The van der Waals surface area contributed by atoms with E-state index in [0.29, 0.717) is 10.0 Å². The first-order valence-electron chi connectivity index (χ1n) is 4.27. The fraction of sp³-hybridized carbons (Fsp3) is 0.200. The molecule has 0 unspecified atom stereocenters. The molecule has 1 aromatic carbocycles. The van der Waals surface area contributed by atoms with Crippen LogP contribution in [0, 0.1) is 6.92 Å². The summed E-state index contributed by atoms with van der Waals surface area (Å²) in [5, 5.41) is 10.7. The molecule has 1 amide bonds. The van der Waals surface area contributed by atoms with Crippen molar-refractivity contribution in [3.8, 4) is 0 Å². The molecular formula is C10H10BrNO3. The van der Waals surface area contributed by atoms with Crippen LogP contribution in [0.25, 0.3) is 0 Å². The SMILES string of the molecule is Cc1ccc(C(=O)NCC(=O)O)c(Br)c1. The maximum Gasteiger partial charge on any atom is 0.322 e. The van der Waals surface area contributed by atoms with Gasteiger partial charge in [-0.2, -0.15) is 0 Å². The number of halogens is 1. The van der Waals surface area contributed by atoms with Crippen molar-refractivity contribution in [1.82, 2.24) is 5.32 Å². The lowest BCUT2D eigenvalue weighted by Crippen LogP contribution is -2.29. The second-order valence-electron chi connectivity index (χ2n) is 3.06. The van der Waals surface area contributed by atoms with E-state index in [-0.39, 0.29) is 6.54 Å². The van der Waals surface area contributed by atoms with Gasteiger partial charge in [0.2, 0.25) is 0 Å². The van der Waals surface area contributed by atoms with Crippen molar-refractivity contribution in [2.45, 2.75) is 6.92 Å². The Labute approximate surface area is 95.4 Å². The number of hydrogen-bond acceptors (Lipinski definition) is 2. The second-order valence-corrected chi connectivity index (χ2v) is 3.91. The van der Waals surface area contributed by atoms with E-state index in [1.54, 1.807) is 18.2 Å². The quantitative estimate of drug-likeness (QED) is 0.877. The van der Waals surface area contributed by atoms with E-state index >= 15 is 0 Å². The molecular weight excluding hydrogens is 262 g/mol. The molecule has 1 aromatic rings. The Balaban J connectivity index is 2.78. The lowest BCUT2D eigenvalue weighted by molar-refractivity contribution is -0.135. The number of nitrogens with one attached hydrogen (secondary N) is 1. The van der Waals surface area contributed by atoms with Crippen molar-refractivity contribution in [3.05, 3.63) is 33.8 Å². The van der Waals surface area contributed by atoms with Gasteiger partial charge in [0.15, 0.2) is 0 Å². The average molecular weight is 272 g/mol. The van der Waals surface area contributed by atoms with Crippen molar-refractivity contribution >= 4 is 27.8 Å². The molecule has 0 saturated heterocycles. The number of rotatable bonds is 3. The highest BCUT2D eigenvalue weighted by atomic mass is 79.9. The first kappa shape index (κ1) is 11.7. The fourth-order valence-corrected chi connectivity index (χ4v) is 1.73. The van der Waals surface area contributed by atoms with Crippen LogP contribution in [0.4, 0.5) is 0 Å². The second kappa shape index (κ2) is 4.93. The maximum absolute atomic E-state index is 11.5. The van der Waals surface area contributed by atoms with Gasteiger partial charge in [0.05, 0.1) is 5.56 Å². The van der Waals surface area contributed by atoms with E-state index in [9.17, 15) is 9.59 Å². The van der Waals surface area contributed by atoms with Gasteiger partial charge in [-0.15, -0.1) is 0 Å². The Hall–Kier alpha value is -1.36. The topological polar surface area (TPSA) is 66.4 Å². The van der Waals surface area contributed by atoms with Gasteiger partial charge in [0.25, 0.3) is 5.91 Å². The molecule has 0 saturated carbocycles. The van der Waals surface area contributed by atoms with Crippen LogP contribution in [0.5, 0.6) is 0 Å². The van der Waals surface area contributed by atoms with Crippen molar-refractivity contribution in [2.24, 2.45) is 0 Å². The standard InChI is InChI=1S/C10H10BrNO3/c1-6-2-3-7(8(11)4-6)10(15)12-5-9(13)14/h2-4H,5H2,1H3,(H,12,15)(H,13,14). The van der Waals surface area contributed by atoms with Crippen LogP contribution >= 0.6 is 15.9 Å². The van der Waals surface area contributed by atoms with E-state index in [4.69, 9.17) is 5.11 Å². The third kappa shape index (κ3) is 3.36. The van der Waals surface area contributed by atoms with Gasteiger partial charge < -0.3 is 10.4 Å². The number of aliphatic carboxylic acids is 1. The van der Waals surface area contributed by atoms with Gasteiger partial charge in [-0.25, -0.2) is 0 Å². The number of carboxylic acids is 1. The summed E-state index contributed by atoms with van der Waals surface area (Å²) in [6.45, 7) is 1.53. The van der Waals surface area contributed by atoms with Gasteiger partial charge in [-0.05, 0) is 40.5 Å². The summed E-state index contributed by atoms with van der Waals surface area (Å²) in [5.41, 5.74) is 1.46. The number of hydrogen-bond donors (Lipinski definition) is 2. The summed E-state index contributed by atoms with van der Waals surface area (Å²) in [6, 6.07) is 5.24. The summed E-state index contributed by atoms with van der Waals surface area (Å²) >= 11 is 3.25. The molecule has 15 heavy (non-hydrogen) atoms. The van der Waals surface area contributed by atoms with Crippen LogP contribution in [-0.4, -0.2) is 23.5 Å². The van der Waals surface area contributed by atoms with Gasteiger partial charge >= 0.3 is 5.97 Å². The first-order valence-corrected chi connectivity index (χ1v) is 5.06. The van der Waals surface area contributed by atoms with Crippen LogP contribution in [0.3, 0.4) is 0 Å². The number of carbonyl (C=O) groups excluding carboxylic acids is 1. The van der Waals surface area contributed by atoms with Gasteiger partial charge in [0, 0.05) is 4.47 Å². The third-order valence-electron chi connectivity index (χ3n) is 1.77. The molecule has 80 valence electrons. The zero-order valence-corrected chi connectivity index (χ0v) is 9.67. The monoisotopic (exact) mass is 271 g/mol.